The van der Waals surface area contributed by atoms with Crippen molar-refractivity contribution in [3.63, 3.8) is 0 Å². The summed E-state index contributed by atoms with van der Waals surface area (Å²) in [6.07, 6.45) is 6.02. The Kier molecular flexibility index (Phi) is 4.08. The Bertz CT molecular complexity index is 820. The number of aromatic nitrogens is 2. The molecule has 0 radical (unpaired) electrons. The minimum atomic E-state index is -0.426. The number of amides is 1. The lowest BCUT2D eigenvalue weighted by atomic mass is 10.1. The highest BCUT2D eigenvalue weighted by molar-refractivity contribution is 7.15. The number of hydrogen-bond donors (Lipinski definition) is 1. The Morgan fingerprint density at radius 1 is 1.42 bits per heavy atom. The van der Waals surface area contributed by atoms with Crippen LogP contribution < -0.4 is 5.32 Å². The monoisotopic (exact) mass is 341 g/mol. The number of anilines is 1. The van der Waals surface area contributed by atoms with Crippen LogP contribution in [0.2, 0.25) is 0 Å². The van der Waals surface area contributed by atoms with E-state index in [4.69, 9.17) is 4.74 Å². The number of ether oxygens (including phenoxy) is 1. The van der Waals surface area contributed by atoms with Gasteiger partial charge in [-0.1, -0.05) is 12.1 Å². The lowest BCUT2D eigenvalue weighted by Gasteiger charge is -2.13. The minimum absolute atomic E-state index is 0.106. The SMILES string of the molecule is CC(OCC1CC1)C(=O)Nc1ccc(-c2cn3ccsc3n2)cc1. The fraction of sp³-hybridized carbons (Fsp3) is 0.333. The van der Waals surface area contributed by atoms with Gasteiger partial charge in [0.25, 0.3) is 5.91 Å². The van der Waals surface area contributed by atoms with E-state index in [0.717, 1.165) is 21.9 Å². The number of carbonyl (C=O) groups excluding carboxylic acids is 1. The first-order chi connectivity index (χ1) is 11.7. The third-order valence-corrected chi connectivity index (χ3v) is 4.96. The summed E-state index contributed by atoms with van der Waals surface area (Å²) in [7, 11) is 0. The van der Waals surface area contributed by atoms with Gasteiger partial charge >= 0.3 is 0 Å². The number of rotatable bonds is 6. The van der Waals surface area contributed by atoms with E-state index in [0.29, 0.717) is 12.5 Å². The quantitative estimate of drug-likeness (QED) is 0.741. The molecule has 1 fully saturated rings. The standard InChI is InChI=1S/C18H19N3O2S/c1-12(23-11-13-2-3-13)17(22)19-15-6-4-14(5-7-15)16-10-21-8-9-24-18(21)20-16/h4-10,12-13H,2-3,11H2,1H3,(H,19,22). The summed E-state index contributed by atoms with van der Waals surface area (Å²) in [5, 5.41) is 4.91. The lowest BCUT2D eigenvalue weighted by molar-refractivity contribution is -0.126. The number of carbonyl (C=O) groups is 1. The van der Waals surface area contributed by atoms with Crippen molar-refractivity contribution < 1.29 is 9.53 Å². The van der Waals surface area contributed by atoms with Crippen LogP contribution in [0.4, 0.5) is 5.69 Å². The van der Waals surface area contributed by atoms with E-state index in [1.807, 2.05) is 46.4 Å². The van der Waals surface area contributed by atoms with Crippen molar-refractivity contribution in [2.75, 3.05) is 11.9 Å². The molecule has 0 spiro atoms. The predicted octanol–water partition coefficient (Wildman–Crippen LogP) is 3.82. The van der Waals surface area contributed by atoms with Crippen LogP contribution in [0.3, 0.4) is 0 Å². The van der Waals surface area contributed by atoms with E-state index in [9.17, 15) is 4.79 Å². The van der Waals surface area contributed by atoms with Gasteiger partial charge in [-0.15, -0.1) is 11.3 Å². The molecule has 4 rings (SSSR count). The van der Waals surface area contributed by atoms with Gasteiger partial charge in [-0.3, -0.25) is 9.20 Å². The predicted molar refractivity (Wildman–Crippen MR) is 95.3 cm³/mol. The first kappa shape index (κ1) is 15.4. The van der Waals surface area contributed by atoms with Crippen LogP contribution in [0.25, 0.3) is 16.2 Å². The zero-order valence-electron chi connectivity index (χ0n) is 13.4. The number of benzene rings is 1. The minimum Gasteiger partial charge on any atom is -0.368 e. The van der Waals surface area contributed by atoms with E-state index in [1.54, 1.807) is 18.3 Å². The molecule has 1 aliphatic carbocycles. The molecule has 0 aliphatic heterocycles. The first-order valence-corrected chi connectivity index (χ1v) is 9.02. The molecular weight excluding hydrogens is 322 g/mol. The van der Waals surface area contributed by atoms with Gasteiger partial charge in [0.15, 0.2) is 4.96 Å². The van der Waals surface area contributed by atoms with Gasteiger partial charge in [0.1, 0.15) is 6.10 Å². The van der Waals surface area contributed by atoms with Gasteiger partial charge in [-0.2, -0.15) is 0 Å². The van der Waals surface area contributed by atoms with Crippen LogP contribution in [0, 0.1) is 5.92 Å². The van der Waals surface area contributed by atoms with E-state index in [2.05, 4.69) is 10.3 Å². The van der Waals surface area contributed by atoms with Crippen molar-refractivity contribution in [2.45, 2.75) is 25.9 Å². The first-order valence-electron chi connectivity index (χ1n) is 8.14. The molecule has 1 aromatic carbocycles. The highest BCUT2D eigenvalue weighted by Crippen LogP contribution is 2.29. The largest absolute Gasteiger partial charge is 0.368 e. The summed E-state index contributed by atoms with van der Waals surface area (Å²) in [6.45, 7) is 2.48. The van der Waals surface area contributed by atoms with Crippen LogP contribution in [-0.2, 0) is 9.53 Å². The van der Waals surface area contributed by atoms with Gasteiger partial charge in [-0.25, -0.2) is 4.98 Å². The zero-order chi connectivity index (χ0) is 16.5. The maximum absolute atomic E-state index is 12.1. The van der Waals surface area contributed by atoms with Crippen molar-refractivity contribution in [1.82, 2.24) is 9.38 Å². The molecule has 124 valence electrons. The molecule has 0 saturated heterocycles. The molecule has 24 heavy (non-hydrogen) atoms. The molecule has 1 aliphatic rings. The van der Waals surface area contributed by atoms with Crippen molar-refractivity contribution in [1.29, 1.82) is 0 Å². The summed E-state index contributed by atoms with van der Waals surface area (Å²) in [4.78, 5) is 17.7. The second-order valence-electron chi connectivity index (χ2n) is 6.20. The van der Waals surface area contributed by atoms with Crippen LogP contribution in [0.15, 0.2) is 42.0 Å². The van der Waals surface area contributed by atoms with Gasteiger partial charge in [-0.05, 0) is 37.8 Å². The van der Waals surface area contributed by atoms with Crippen molar-refractivity contribution >= 4 is 27.9 Å². The molecule has 1 N–H and O–H groups in total. The van der Waals surface area contributed by atoms with Gasteiger partial charge in [0.05, 0.1) is 12.3 Å². The van der Waals surface area contributed by atoms with Crippen LogP contribution >= 0.6 is 11.3 Å². The van der Waals surface area contributed by atoms with Crippen LogP contribution in [0.5, 0.6) is 0 Å². The number of hydrogen-bond acceptors (Lipinski definition) is 4. The molecule has 0 bridgehead atoms. The fourth-order valence-electron chi connectivity index (χ4n) is 2.48. The summed E-state index contributed by atoms with van der Waals surface area (Å²) in [5.74, 6) is 0.551. The summed E-state index contributed by atoms with van der Waals surface area (Å²) >= 11 is 1.61. The van der Waals surface area contributed by atoms with E-state index >= 15 is 0 Å². The number of imidazole rings is 1. The second kappa shape index (κ2) is 6.37. The molecule has 6 heteroatoms. The normalized spacial score (nSPS) is 15.5. The Hall–Kier alpha value is -2.18. The van der Waals surface area contributed by atoms with Crippen molar-refractivity contribution in [3.8, 4) is 11.3 Å². The Balaban J connectivity index is 1.39. The second-order valence-corrected chi connectivity index (χ2v) is 7.08. The molecule has 2 aromatic heterocycles. The van der Waals surface area contributed by atoms with E-state index in [-0.39, 0.29) is 5.91 Å². The number of nitrogens with zero attached hydrogens (tertiary/aromatic N) is 2. The van der Waals surface area contributed by atoms with E-state index in [1.165, 1.54) is 12.8 Å². The maximum Gasteiger partial charge on any atom is 0.253 e. The number of nitrogens with one attached hydrogen (secondary N) is 1. The third-order valence-electron chi connectivity index (χ3n) is 4.19. The van der Waals surface area contributed by atoms with Crippen molar-refractivity contribution in [3.05, 3.63) is 42.0 Å². The molecule has 1 atom stereocenters. The van der Waals surface area contributed by atoms with Crippen molar-refractivity contribution in [2.24, 2.45) is 5.92 Å². The Morgan fingerprint density at radius 3 is 2.92 bits per heavy atom. The number of fused-ring (bicyclic) bond motifs is 1. The molecule has 1 amide bonds. The van der Waals surface area contributed by atoms with Gasteiger partial charge < -0.3 is 10.1 Å². The molecule has 2 heterocycles. The molecule has 5 nitrogen and oxygen atoms in total. The third kappa shape index (κ3) is 3.34. The maximum atomic E-state index is 12.1. The molecule has 1 unspecified atom stereocenters. The summed E-state index contributed by atoms with van der Waals surface area (Å²) in [5.41, 5.74) is 2.73. The average Bonchev–Trinajstić information content (AvgIpc) is 3.17. The summed E-state index contributed by atoms with van der Waals surface area (Å²) < 4.78 is 7.60. The highest BCUT2D eigenvalue weighted by atomic mass is 32.1. The van der Waals surface area contributed by atoms with Gasteiger partial charge in [0.2, 0.25) is 0 Å². The zero-order valence-corrected chi connectivity index (χ0v) is 14.3. The fourth-order valence-corrected chi connectivity index (χ4v) is 3.18. The highest BCUT2D eigenvalue weighted by Gasteiger charge is 2.24. The number of thiazole rings is 1. The molecule has 1 saturated carbocycles. The average molecular weight is 341 g/mol. The lowest BCUT2D eigenvalue weighted by Crippen LogP contribution is -2.28. The van der Waals surface area contributed by atoms with E-state index < -0.39 is 6.10 Å². The molecule has 3 aromatic rings. The Morgan fingerprint density at radius 2 is 2.21 bits per heavy atom. The Labute approximate surface area is 144 Å². The molecular formula is C18H19N3O2S. The summed E-state index contributed by atoms with van der Waals surface area (Å²) in [6, 6.07) is 7.73. The van der Waals surface area contributed by atoms with Crippen LogP contribution in [0.1, 0.15) is 19.8 Å². The van der Waals surface area contributed by atoms with Crippen LogP contribution in [-0.4, -0.2) is 28.0 Å². The smallest absolute Gasteiger partial charge is 0.253 e. The topological polar surface area (TPSA) is 55.6 Å². The van der Waals surface area contributed by atoms with Gasteiger partial charge in [0, 0.05) is 29.0 Å².